The molecule has 2 N–H and O–H groups in total. The quantitative estimate of drug-likeness (QED) is 0.828. The number of nitrogens with zero attached hydrogens (tertiary/aromatic N) is 1. The summed E-state index contributed by atoms with van der Waals surface area (Å²) >= 11 is 5.80. The molecule has 4 nitrogen and oxygen atoms in total. The van der Waals surface area contributed by atoms with E-state index < -0.39 is 0 Å². The summed E-state index contributed by atoms with van der Waals surface area (Å²) in [6.45, 7) is 0. The van der Waals surface area contributed by atoms with E-state index in [1.54, 1.807) is 24.3 Å². The van der Waals surface area contributed by atoms with Gasteiger partial charge in [-0.25, -0.2) is 4.99 Å². The first-order valence-electron chi connectivity index (χ1n) is 6.63. The molecule has 0 unspecified atom stereocenters. The maximum absolute atomic E-state index is 12.0. The minimum atomic E-state index is -0.151. The van der Waals surface area contributed by atoms with E-state index in [9.17, 15) is 4.79 Å². The normalized spacial score (nSPS) is 25.2. The van der Waals surface area contributed by atoms with Gasteiger partial charge in [-0.15, -0.1) is 0 Å². The van der Waals surface area contributed by atoms with Crippen LogP contribution < -0.4 is 10.6 Å². The summed E-state index contributed by atoms with van der Waals surface area (Å²) in [5.74, 6) is 0.457. The molecule has 1 aliphatic carbocycles. The van der Waals surface area contributed by atoms with E-state index in [4.69, 9.17) is 11.6 Å². The molecule has 1 aromatic rings. The minimum absolute atomic E-state index is 0.151. The summed E-state index contributed by atoms with van der Waals surface area (Å²) in [5, 5.41) is 6.75. The number of rotatable bonds is 1. The predicted octanol–water partition coefficient (Wildman–Crippen LogP) is 2.34. The number of guanidine groups is 1. The van der Waals surface area contributed by atoms with E-state index in [1.165, 1.54) is 12.8 Å². The fourth-order valence-corrected chi connectivity index (χ4v) is 2.79. The van der Waals surface area contributed by atoms with Crippen LogP contribution in [0.1, 0.15) is 36.0 Å². The second kappa shape index (κ2) is 5.21. The molecule has 1 aromatic carbocycles. The van der Waals surface area contributed by atoms with Gasteiger partial charge in [0.1, 0.15) is 0 Å². The average Bonchev–Trinajstić information content (AvgIpc) is 2.81. The Morgan fingerprint density at radius 2 is 2.00 bits per heavy atom. The molecule has 0 radical (unpaired) electrons. The van der Waals surface area contributed by atoms with E-state index in [2.05, 4.69) is 15.6 Å². The standard InChI is InChI=1S/C14H16ClN3O/c15-10-7-5-9(6-8-10)13(19)18-14-16-11-3-1-2-4-12(11)17-14/h5-8,11-12H,1-4H2,(H2,16,17,18,19)/t11-,12-/m1/s1. The van der Waals surface area contributed by atoms with E-state index >= 15 is 0 Å². The zero-order chi connectivity index (χ0) is 13.2. The van der Waals surface area contributed by atoms with E-state index in [-0.39, 0.29) is 5.91 Å². The number of carbonyl (C=O) groups is 1. The number of amides is 1. The molecular formula is C14H16ClN3O. The van der Waals surface area contributed by atoms with Crippen LogP contribution in [-0.2, 0) is 0 Å². The lowest BCUT2D eigenvalue weighted by molar-refractivity contribution is 0.0976. The maximum atomic E-state index is 12.0. The van der Waals surface area contributed by atoms with Gasteiger partial charge >= 0.3 is 0 Å². The molecule has 100 valence electrons. The molecule has 0 saturated heterocycles. The van der Waals surface area contributed by atoms with Crippen LogP contribution in [-0.4, -0.2) is 24.0 Å². The number of carbonyl (C=O) groups excluding carboxylic acids is 1. The highest BCUT2D eigenvalue weighted by Crippen LogP contribution is 2.24. The molecule has 1 fully saturated rings. The third kappa shape index (κ3) is 2.73. The van der Waals surface area contributed by atoms with Gasteiger partial charge in [0.15, 0.2) is 5.96 Å². The van der Waals surface area contributed by atoms with Crippen LogP contribution in [0.5, 0.6) is 0 Å². The van der Waals surface area contributed by atoms with Gasteiger partial charge < -0.3 is 5.32 Å². The van der Waals surface area contributed by atoms with Crippen LogP contribution in [0.3, 0.4) is 0 Å². The van der Waals surface area contributed by atoms with Gasteiger partial charge in [-0.1, -0.05) is 24.4 Å². The molecule has 1 saturated carbocycles. The molecule has 0 spiro atoms. The molecule has 0 bridgehead atoms. The monoisotopic (exact) mass is 277 g/mol. The van der Waals surface area contributed by atoms with Crippen molar-refractivity contribution in [2.45, 2.75) is 37.8 Å². The molecule has 19 heavy (non-hydrogen) atoms. The first-order chi connectivity index (χ1) is 9.22. The van der Waals surface area contributed by atoms with Gasteiger partial charge in [-0.3, -0.25) is 10.1 Å². The lowest BCUT2D eigenvalue weighted by atomic mass is 9.92. The van der Waals surface area contributed by atoms with Gasteiger partial charge in [-0.05, 0) is 37.1 Å². The Morgan fingerprint density at radius 3 is 2.74 bits per heavy atom. The van der Waals surface area contributed by atoms with Crippen molar-refractivity contribution in [2.24, 2.45) is 4.99 Å². The zero-order valence-electron chi connectivity index (χ0n) is 10.5. The Kier molecular flexibility index (Phi) is 3.42. The highest BCUT2D eigenvalue weighted by molar-refractivity contribution is 6.30. The van der Waals surface area contributed by atoms with Gasteiger partial charge in [0.05, 0.1) is 12.1 Å². The summed E-state index contributed by atoms with van der Waals surface area (Å²) in [6.07, 6.45) is 4.71. The molecule has 1 amide bonds. The number of benzene rings is 1. The molecule has 1 aliphatic heterocycles. The topological polar surface area (TPSA) is 53.5 Å². The van der Waals surface area contributed by atoms with Gasteiger partial charge in [0.2, 0.25) is 0 Å². The zero-order valence-corrected chi connectivity index (χ0v) is 11.3. The third-order valence-electron chi connectivity index (χ3n) is 3.68. The summed E-state index contributed by atoms with van der Waals surface area (Å²) in [5.41, 5.74) is 0.587. The number of hydrogen-bond donors (Lipinski definition) is 2. The Bertz CT molecular complexity index is 512. The Labute approximate surface area is 117 Å². The summed E-state index contributed by atoms with van der Waals surface area (Å²) < 4.78 is 0. The molecule has 5 heteroatoms. The molecule has 0 aromatic heterocycles. The molecule has 1 heterocycles. The molecule has 2 atom stereocenters. The maximum Gasteiger partial charge on any atom is 0.257 e. The van der Waals surface area contributed by atoms with Crippen molar-refractivity contribution in [3.8, 4) is 0 Å². The molecule has 2 aliphatic rings. The average molecular weight is 278 g/mol. The van der Waals surface area contributed by atoms with Gasteiger partial charge in [-0.2, -0.15) is 0 Å². The van der Waals surface area contributed by atoms with Crippen molar-refractivity contribution in [3.05, 3.63) is 34.9 Å². The highest BCUT2D eigenvalue weighted by atomic mass is 35.5. The number of fused-ring (bicyclic) bond motifs is 1. The number of halogens is 1. The Morgan fingerprint density at radius 1 is 1.26 bits per heavy atom. The summed E-state index contributed by atoms with van der Waals surface area (Å²) in [6, 6.07) is 7.56. The van der Waals surface area contributed by atoms with Crippen molar-refractivity contribution in [1.82, 2.24) is 10.6 Å². The van der Waals surface area contributed by atoms with Crippen molar-refractivity contribution in [2.75, 3.05) is 0 Å². The number of aliphatic imine (C=N–C) groups is 1. The van der Waals surface area contributed by atoms with Crippen molar-refractivity contribution >= 4 is 23.5 Å². The van der Waals surface area contributed by atoms with Crippen LogP contribution in [0.25, 0.3) is 0 Å². The fourth-order valence-electron chi connectivity index (χ4n) is 2.66. The SMILES string of the molecule is O=C(NC1=N[C@@H]2CCCC[C@H]2N1)c1ccc(Cl)cc1. The van der Waals surface area contributed by atoms with Crippen molar-refractivity contribution < 1.29 is 4.79 Å². The van der Waals surface area contributed by atoms with Gasteiger partial charge in [0.25, 0.3) is 5.91 Å². The molecule has 3 rings (SSSR count). The predicted molar refractivity (Wildman–Crippen MR) is 75.5 cm³/mol. The van der Waals surface area contributed by atoms with E-state index in [0.29, 0.717) is 28.6 Å². The van der Waals surface area contributed by atoms with Crippen molar-refractivity contribution in [1.29, 1.82) is 0 Å². The number of nitrogens with one attached hydrogen (secondary N) is 2. The lowest BCUT2D eigenvalue weighted by Crippen LogP contribution is -2.43. The molecular weight excluding hydrogens is 262 g/mol. The smallest absolute Gasteiger partial charge is 0.257 e. The fraction of sp³-hybridized carbons (Fsp3) is 0.429. The van der Waals surface area contributed by atoms with E-state index in [1.807, 2.05) is 0 Å². The van der Waals surface area contributed by atoms with Crippen LogP contribution in [0, 0.1) is 0 Å². The van der Waals surface area contributed by atoms with Crippen LogP contribution in [0.4, 0.5) is 0 Å². The summed E-state index contributed by atoms with van der Waals surface area (Å²) in [7, 11) is 0. The highest BCUT2D eigenvalue weighted by Gasteiger charge is 2.31. The first-order valence-corrected chi connectivity index (χ1v) is 7.01. The van der Waals surface area contributed by atoms with Crippen LogP contribution in [0.15, 0.2) is 29.3 Å². The minimum Gasteiger partial charge on any atom is -0.351 e. The largest absolute Gasteiger partial charge is 0.351 e. The Hall–Kier alpha value is -1.55. The second-order valence-corrected chi connectivity index (χ2v) is 5.48. The third-order valence-corrected chi connectivity index (χ3v) is 3.94. The second-order valence-electron chi connectivity index (χ2n) is 5.04. The Balaban J connectivity index is 1.65. The number of hydrogen-bond acceptors (Lipinski definition) is 3. The van der Waals surface area contributed by atoms with Gasteiger partial charge in [0, 0.05) is 10.6 Å². The summed E-state index contributed by atoms with van der Waals surface area (Å²) in [4.78, 5) is 16.6. The van der Waals surface area contributed by atoms with Crippen molar-refractivity contribution in [3.63, 3.8) is 0 Å². The lowest BCUT2D eigenvalue weighted by Gasteiger charge is -2.22. The van der Waals surface area contributed by atoms with E-state index in [0.717, 1.165) is 12.8 Å². The first kappa shape index (κ1) is 12.5. The van der Waals surface area contributed by atoms with Crippen LogP contribution >= 0.6 is 11.6 Å². The van der Waals surface area contributed by atoms with Crippen LogP contribution in [0.2, 0.25) is 5.02 Å².